The van der Waals surface area contributed by atoms with E-state index in [2.05, 4.69) is 29.9 Å². The maximum atomic E-state index is 11.8. The highest BCUT2D eigenvalue weighted by atomic mass is 32.1. The van der Waals surface area contributed by atoms with Crippen molar-refractivity contribution in [2.45, 2.75) is 0 Å². The number of hydrogen-bond acceptors (Lipinski definition) is 8. The maximum absolute atomic E-state index is 11.8. The van der Waals surface area contributed by atoms with Crippen LogP contribution in [-0.2, 0) is 0 Å². The second kappa shape index (κ2) is 8.61. The molecule has 6 aromatic rings. The molecule has 6 heterocycles. The van der Waals surface area contributed by atoms with Gasteiger partial charge in [0, 0.05) is 12.4 Å². The number of aromatic nitrogens is 6. The zero-order valence-electron chi connectivity index (χ0n) is 16.4. The number of pyridine rings is 2. The minimum atomic E-state index is -0.200. The number of H-pyrrole nitrogens is 2. The highest BCUT2D eigenvalue weighted by Crippen LogP contribution is 2.21. The largest absolute Gasteiger partial charge is 0.317 e. The molecule has 2 N–H and O–H groups in total. The minimum Gasteiger partial charge on any atom is -0.317 e. The molecule has 0 aromatic carbocycles. The fourth-order valence-corrected chi connectivity index (χ4v) is 4.43. The van der Waals surface area contributed by atoms with Crippen molar-refractivity contribution in [2.75, 3.05) is 0 Å². The highest BCUT2D eigenvalue weighted by Gasteiger charge is 2.09. The summed E-state index contributed by atoms with van der Waals surface area (Å²) in [4.78, 5) is 47.6. The van der Waals surface area contributed by atoms with Gasteiger partial charge in [0.15, 0.2) is 11.3 Å². The number of thiophene rings is 2. The average molecular weight is 459 g/mol. The van der Waals surface area contributed by atoms with Crippen molar-refractivity contribution in [1.29, 1.82) is 0 Å². The Morgan fingerprint density at radius 1 is 0.688 bits per heavy atom. The fourth-order valence-electron chi connectivity index (χ4n) is 3.00. The Morgan fingerprint density at radius 2 is 1.34 bits per heavy atom. The molecule has 32 heavy (non-hydrogen) atoms. The van der Waals surface area contributed by atoms with E-state index in [9.17, 15) is 9.59 Å². The quantitative estimate of drug-likeness (QED) is 0.404. The van der Waals surface area contributed by atoms with Crippen molar-refractivity contribution in [2.24, 2.45) is 0 Å². The molecule has 0 amide bonds. The Kier molecular flexibility index (Phi) is 5.36. The van der Waals surface area contributed by atoms with Gasteiger partial charge in [0.2, 0.25) is 0 Å². The van der Waals surface area contributed by atoms with Crippen molar-refractivity contribution in [3.8, 4) is 21.1 Å². The van der Waals surface area contributed by atoms with E-state index in [-0.39, 0.29) is 11.1 Å². The summed E-state index contributed by atoms with van der Waals surface area (Å²) in [5.41, 5.74) is 2.95. The third-order valence-electron chi connectivity index (χ3n) is 4.44. The molecule has 6 rings (SSSR count). The van der Waals surface area contributed by atoms with Gasteiger partial charge >= 0.3 is 0 Å². The lowest BCUT2D eigenvalue weighted by Crippen LogP contribution is -2.11. The van der Waals surface area contributed by atoms with E-state index >= 15 is 0 Å². The first-order valence-electron chi connectivity index (χ1n) is 9.47. The van der Waals surface area contributed by atoms with Crippen LogP contribution in [0, 0.1) is 0 Å². The van der Waals surface area contributed by atoms with Crippen LogP contribution in [0.5, 0.6) is 0 Å². The van der Waals surface area contributed by atoms with Gasteiger partial charge in [0.25, 0.3) is 11.1 Å². The average Bonchev–Trinajstić information content (AvgIpc) is 3.53. The number of fused-ring (bicyclic) bond motifs is 2. The van der Waals surface area contributed by atoms with Crippen LogP contribution >= 0.6 is 22.7 Å². The van der Waals surface area contributed by atoms with Crippen molar-refractivity contribution in [3.63, 3.8) is 0 Å². The van der Waals surface area contributed by atoms with Crippen LogP contribution in [-0.4, -0.2) is 29.9 Å². The molecule has 0 saturated heterocycles. The molecule has 0 aliphatic rings. The molecule has 0 spiro atoms. The van der Waals surface area contributed by atoms with Gasteiger partial charge in [-0.25, -0.2) is 19.9 Å². The monoisotopic (exact) mass is 458 g/mol. The molecular formula is C22H14N6O2S2. The van der Waals surface area contributed by atoms with Gasteiger partial charge in [-0.05, 0) is 47.2 Å². The number of rotatable bonds is 2. The number of nitrogens with zero attached hydrogens (tertiary/aromatic N) is 4. The minimum absolute atomic E-state index is 0.178. The van der Waals surface area contributed by atoms with Crippen LogP contribution < -0.4 is 11.1 Å². The second-order valence-electron chi connectivity index (χ2n) is 6.53. The van der Waals surface area contributed by atoms with Crippen LogP contribution in [0.4, 0.5) is 0 Å². The molecule has 0 aliphatic carbocycles. The predicted octanol–water partition coefficient (Wildman–Crippen LogP) is 4.09. The number of aromatic amines is 2. The van der Waals surface area contributed by atoms with Crippen LogP contribution in [0.3, 0.4) is 0 Å². The first-order chi connectivity index (χ1) is 15.7. The van der Waals surface area contributed by atoms with Crippen LogP contribution in [0.15, 0.2) is 81.3 Å². The standard InChI is InChI=1S/2C11H7N3OS/c15-11-9(8-4-2-6-16-8)14-10-7(13-11)3-1-5-12-10;15-11-9(8-4-2-6-16-8)13-7-3-1-5-12-10(7)14-11/h1-6H,(H,13,15);1-6H,(H,12,14,15). The summed E-state index contributed by atoms with van der Waals surface area (Å²) >= 11 is 2.98. The second-order valence-corrected chi connectivity index (χ2v) is 8.42. The van der Waals surface area contributed by atoms with Crippen LogP contribution in [0.25, 0.3) is 43.5 Å². The third kappa shape index (κ3) is 3.96. The summed E-state index contributed by atoms with van der Waals surface area (Å²) in [5.74, 6) is 0. The first kappa shape index (κ1) is 19.9. The molecule has 0 atom stereocenters. The van der Waals surface area contributed by atoms with Gasteiger partial charge in [-0.15, -0.1) is 22.7 Å². The molecular weight excluding hydrogens is 444 g/mol. The topological polar surface area (TPSA) is 117 Å². The molecule has 0 unspecified atom stereocenters. The predicted molar refractivity (Wildman–Crippen MR) is 127 cm³/mol. The van der Waals surface area contributed by atoms with Gasteiger partial charge in [-0.2, -0.15) is 0 Å². The summed E-state index contributed by atoms with van der Waals surface area (Å²) in [6.07, 6.45) is 3.29. The van der Waals surface area contributed by atoms with Crippen molar-refractivity contribution < 1.29 is 0 Å². The third-order valence-corrected chi connectivity index (χ3v) is 6.20. The summed E-state index contributed by atoms with van der Waals surface area (Å²) in [7, 11) is 0. The van der Waals surface area contributed by atoms with Crippen molar-refractivity contribution >= 4 is 45.0 Å². The molecule has 6 aromatic heterocycles. The van der Waals surface area contributed by atoms with E-state index in [4.69, 9.17) is 0 Å². The molecule has 0 radical (unpaired) electrons. The Morgan fingerprint density at radius 3 is 2.06 bits per heavy atom. The summed E-state index contributed by atoms with van der Waals surface area (Å²) in [5, 5.41) is 3.84. The van der Waals surface area contributed by atoms with Crippen molar-refractivity contribution in [3.05, 3.63) is 92.4 Å². The molecule has 0 bridgehead atoms. The molecule has 8 nitrogen and oxygen atoms in total. The zero-order valence-corrected chi connectivity index (χ0v) is 18.0. The van der Waals surface area contributed by atoms with E-state index in [1.54, 1.807) is 30.6 Å². The van der Waals surface area contributed by atoms with Crippen LogP contribution in [0.1, 0.15) is 0 Å². The van der Waals surface area contributed by atoms with Gasteiger partial charge < -0.3 is 9.97 Å². The lowest BCUT2D eigenvalue weighted by atomic mass is 10.3. The molecule has 156 valence electrons. The van der Waals surface area contributed by atoms with Gasteiger partial charge in [0.05, 0.1) is 15.3 Å². The van der Waals surface area contributed by atoms with Crippen LogP contribution in [0.2, 0.25) is 0 Å². The Hall–Kier alpha value is -4.02. The smallest absolute Gasteiger partial charge is 0.276 e. The lowest BCUT2D eigenvalue weighted by Gasteiger charge is -1.98. The van der Waals surface area contributed by atoms with E-state index in [0.29, 0.717) is 33.7 Å². The summed E-state index contributed by atoms with van der Waals surface area (Å²) in [6, 6.07) is 14.7. The van der Waals surface area contributed by atoms with Gasteiger partial charge in [0.1, 0.15) is 16.9 Å². The van der Waals surface area contributed by atoms with Gasteiger partial charge in [-0.1, -0.05) is 12.1 Å². The lowest BCUT2D eigenvalue weighted by molar-refractivity contribution is 1.18. The first-order valence-corrected chi connectivity index (χ1v) is 11.2. The molecule has 0 fully saturated rings. The van der Waals surface area contributed by atoms with E-state index in [1.807, 2.05) is 41.1 Å². The molecule has 0 saturated carbocycles. The van der Waals surface area contributed by atoms with E-state index < -0.39 is 0 Å². The SMILES string of the molecule is O=c1[nH]c2cccnc2nc1-c1cccs1.O=c1[nH]c2ncccc2nc1-c1cccs1. The fraction of sp³-hybridized carbons (Fsp3) is 0. The Balaban J connectivity index is 0.000000135. The zero-order chi connectivity index (χ0) is 21.9. The summed E-state index contributed by atoms with van der Waals surface area (Å²) < 4.78 is 0. The van der Waals surface area contributed by atoms with Gasteiger partial charge in [-0.3, -0.25) is 9.59 Å². The Labute approximate surface area is 188 Å². The highest BCUT2D eigenvalue weighted by molar-refractivity contribution is 7.13. The normalized spacial score (nSPS) is 10.8. The number of nitrogens with one attached hydrogen (secondary N) is 2. The number of hydrogen-bond donors (Lipinski definition) is 2. The van der Waals surface area contributed by atoms with Crippen molar-refractivity contribution in [1.82, 2.24) is 29.9 Å². The van der Waals surface area contributed by atoms with E-state index in [0.717, 1.165) is 9.75 Å². The summed E-state index contributed by atoms with van der Waals surface area (Å²) in [6.45, 7) is 0. The van der Waals surface area contributed by atoms with E-state index in [1.165, 1.54) is 22.7 Å². The maximum Gasteiger partial charge on any atom is 0.276 e. The molecule has 10 heteroatoms. The Bertz CT molecular complexity index is 1500. The molecule has 0 aliphatic heterocycles.